The number of nitrogens with two attached hydrogens (primary N) is 1. The van der Waals surface area contributed by atoms with Gasteiger partial charge < -0.3 is 11.1 Å². The van der Waals surface area contributed by atoms with Crippen molar-refractivity contribution in [2.24, 2.45) is 11.7 Å². The van der Waals surface area contributed by atoms with Crippen molar-refractivity contribution in [3.05, 3.63) is 39.4 Å². The number of nitro groups is 1. The summed E-state index contributed by atoms with van der Waals surface area (Å²) < 4.78 is 0. The first kappa shape index (κ1) is 14.5. The minimum absolute atomic E-state index is 0.0430. The van der Waals surface area contributed by atoms with Crippen molar-refractivity contribution in [1.82, 2.24) is 5.32 Å². The van der Waals surface area contributed by atoms with E-state index in [2.05, 4.69) is 5.32 Å². The number of nitrogens with zero attached hydrogens (tertiary/aromatic N) is 1. The molecule has 1 unspecified atom stereocenters. The van der Waals surface area contributed by atoms with E-state index in [0.717, 1.165) is 12.8 Å². The van der Waals surface area contributed by atoms with E-state index in [9.17, 15) is 14.9 Å². The van der Waals surface area contributed by atoms with Crippen LogP contribution in [0.1, 0.15) is 35.7 Å². The van der Waals surface area contributed by atoms with Gasteiger partial charge in [-0.1, -0.05) is 6.07 Å². The van der Waals surface area contributed by atoms with Crippen LogP contribution >= 0.6 is 0 Å². The molecule has 6 heteroatoms. The van der Waals surface area contributed by atoms with Gasteiger partial charge in [-0.25, -0.2) is 0 Å². The van der Waals surface area contributed by atoms with Crippen LogP contribution in [0.2, 0.25) is 0 Å². The van der Waals surface area contributed by atoms with Crippen molar-refractivity contribution < 1.29 is 9.72 Å². The third-order valence-corrected chi connectivity index (χ3v) is 4.05. The predicted octanol–water partition coefficient (Wildman–Crippen LogP) is 1.76. The summed E-state index contributed by atoms with van der Waals surface area (Å²) in [7, 11) is 0. The maximum atomic E-state index is 12.4. The minimum atomic E-state index is -0.477. The Bertz CT molecular complexity index is 555. The largest absolute Gasteiger partial charge is 0.345 e. The number of hydrogen-bond acceptors (Lipinski definition) is 4. The number of nitro benzene ring substituents is 1. The molecule has 0 bridgehead atoms. The Balaban J connectivity index is 2.25. The number of rotatable bonds is 5. The van der Waals surface area contributed by atoms with E-state index < -0.39 is 10.5 Å². The summed E-state index contributed by atoms with van der Waals surface area (Å²) in [4.78, 5) is 22.8. The molecule has 1 atom stereocenters. The van der Waals surface area contributed by atoms with Gasteiger partial charge in [-0.15, -0.1) is 0 Å². The van der Waals surface area contributed by atoms with E-state index in [1.165, 1.54) is 12.1 Å². The van der Waals surface area contributed by atoms with E-state index in [-0.39, 0.29) is 11.6 Å². The number of amides is 1. The van der Waals surface area contributed by atoms with Crippen LogP contribution in [-0.2, 0) is 0 Å². The molecule has 0 spiro atoms. The van der Waals surface area contributed by atoms with Gasteiger partial charge in [0.1, 0.15) is 0 Å². The molecule has 2 rings (SSSR count). The molecule has 0 radical (unpaired) electrons. The second kappa shape index (κ2) is 5.20. The normalized spacial score (nSPS) is 17.4. The number of hydrogen-bond donors (Lipinski definition) is 2. The Labute approximate surface area is 117 Å². The molecule has 3 N–H and O–H groups in total. The molecule has 1 aromatic rings. The fourth-order valence-electron chi connectivity index (χ4n) is 2.43. The second-order valence-electron chi connectivity index (χ2n) is 5.56. The number of nitrogens with one attached hydrogen (secondary N) is 1. The lowest BCUT2D eigenvalue weighted by Crippen LogP contribution is -2.53. The Morgan fingerprint density at radius 1 is 1.55 bits per heavy atom. The smallest absolute Gasteiger partial charge is 0.273 e. The summed E-state index contributed by atoms with van der Waals surface area (Å²) in [6, 6.07) is 4.52. The Morgan fingerprint density at radius 3 is 2.70 bits per heavy atom. The van der Waals surface area contributed by atoms with Gasteiger partial charge in [0.15, 0.2) is 0 Å². The standard InChI is InChI=1S/C14H19N3O3/c1-9-11(4-3-5-12(9)17(19)20)13(18)16-14(2,8-15)10-6-7-10/h3-5,10H,6-8,15H2,1-2H3,(H,16,18). The highest BCUT2D eigenvalue weighted by Gasteiger charge is 2.41. The van der Waals surface area contributed by atoms with Crippen LogP contribution in [0.3, 0.4) is 0 Å². The molecule has 1 aliphatic carbocycles. The highest BCUT2D eigenvalue weighted by molar-refractivity contribution is 5.97. The van der Waals surface area contributed by atoms with Crippen LogP contribution in [0.4, 0.5) is 5.69 Å². The van der Waals surface area contributed by atoms with E-state index in [1.807, 2.05) is 6.92 Å². The Kier molecular flexibility index (Phi) is 3.76. The molecule has 20 heavy (non-hydrogen) atoms. The molecule has 1 saturated carbocycles. The first-order chi connectivity index (χ1) is 9.39. The Hall–Kier alpha value is -1.95. The van der Waals surface area contributed by atoms with Gasteiger partial charge in [0.05, 0.1) is 10.5 Å². The monoisotopic (exact) mass is 277 g/mol. The fraction of sp³-hybridized carbons (Fsp3) is 0.500. The summed E-state index contributed by atoms with van der Waals surface area (Å²) in [5.41, 5.74) is 6.00. The summed E-state index contributed by atoms with van der Waals surface area (Å²) in [6.45, 7) is 3.87. The minimum Gasteiger partial charge on any atom is -0.345 e. The summed E-state index contributed by atoms with van der Waals surface area (Å²) in [5.74, 6) is 0.0986. The van der Waals surface area contributed by atoms with Crippen LogP contribution < -0.4 is 11.1 Å². The first-order valence-corrected chi connectivity index (χ1v) is 6.65. The first-order valence-electron chi connectivity index (χ1n) is 6.65. The molecular weight excluding hydrogens is 258 g/mol. The zero-order valence-corrected chi connectivity index (χ0v) is 11.7. The van der Waals surface area contributed by atoms with E-state index in [1.54, 1.807) is 13.0 Å². The van der Waals surface area contributed by atoms with Crippen LogP contribution in [0.15, 0.2) is 18.2 Å². The molecule has 1 fully saturated rings. The molecule has 0 heterocycles. The molecule has 0 saturated heterocycles. The van der Waals surface area contributed by atoms with Gasteiger partial charge in [0.25, 0.3) is 11.6 Å². The predicted molar refractivity (Wildman–Crippen MR) is 75.5 cm³/mol. The molecule has 0 aromatic heterocycles. The molecule has 6 nitrogen and oxygen atoms in total. The fourth-order valence-corrected chi connectivity index (χ4v) is 2.43. The molecule has 1 amide bonds. The van der Waals surface area contributed by atoms with Crippen LogP contribution in [0.25, 0.3) is 0 Å². The maximum absolute atomic E-state index is 12.4. The molecule has 1 aliphatic rings. The highest BCUT2D eigenvalue weighted by atomic mass is 16.6. The number of carbonyl (C=O) groups excluding carboxylic acids is 1. The van der Waals surface area contributed by atoms with Gasteiger partial charge in [-0.05, 0) is 38.7 Å². The van der Waals surface area contributed by atoms with Crippen molar-refractivity contribution in [2.75, 3.05) is 6.54 Å². The average molecular weight is 277 g/mol. The van der Waals surface area contributed by atoms with E-state index in [4.69, 9.17) is 5.73 Å². The number of carbonyl (C=O) groups is 1. The third-order valence-electron chi connectivity index (χ3n) is 4.05. The van der Waals surface area contributed by atoms with Crippen LogP contribution in [0.5, 0.6) is 0 Å². The summed E-state index contributed by atoms with van der Waals surface area (Å²) >= 11 is 0. The van der Waals surface area contributed by atoms with Crippen LogP contribution in [-0.4, -0.2) is 22.9 Å². The topological polar surface area (TPSA) is 98.3 Å². The summed E-state index contributed by atoms with van der Waals surface area (Å²) in [6.07, 6.45) is 2.11. The van der Waals surface area contributed by atoms with Crippen molar-refractivity contribution in [2.45, 2.75) is 32.2 Å². The molecule has 1 aromatic carbocycles. The maximum Gasteiger partial charge on any atom is 0.273 e. The average Bonchev–Trinajstić information content (AvgIpc) is 3.22. The van der Waals surface area contributed by atoms with Crippen molar-refractivity contribution in [3.63, 3.8) is 0 Å². The lowest BCUT2D eigenvalue weighted by atomic mass is 9.95. The SMILES string of the molecule is Cc1c(C(=O)NC(C)(CN)C2CC2)cccc1[N+](=O)[O-]. The van der Waals surface area contributed by atoms with Gasteiger partial charge >= 0.3 is 0 Å². The zero-order valence-electron chi connectivity index (χ0n) is 11.7. The third kappa shape index (κ3) is 2.65. The quantitative estimate of drug-likeness (QED) is 0.633. The van der Waals surface area contributed by atoms with Crippen LogP contribution in [0, 0.1) is 23.0 Å². The molecule has 108 valence electrons. The van der Waals surface area contributed by atoms with Gasteiger partial charge in [0, 0.05) is 23.7 Å². The van der Waals surface area contributed by atoms with Gasteiger partial charge in [-0.2, -0.15) is 0 Å². The lowest BCUT2D eigenvalue weighted by Gasteiger charge is -2.29. The Morgan fingerprint density at radius 2 is 2.20 bits per heavy atom. The lowest BCUT2D eigenvalue weighted by molar-refractivity contribution is -0.385. The number of benzene rings is 1. The van der Waals surface area contributed by atoms with E-state index in [0.29, 0.717) is 23.6 Å². The van der Waals surface area contributed by atoms with Gasteiger partial charge in [0.2, 0.25) is 0 Å². The van der Waals surface area contributed by atoms with E-state index >= 15 is 0 Å². The summed E-state index contributed by atoms with van der Waals surface area (Å²) in [5, 5.41) is 13.9. The molecular formula is C14H19N3O3. The van der Waals surface area contributed by atoms with Gasteiger partial charge in [-0.3, -0.25) is 14.9 Å². The van der Waals surface area contributed by atoms with Crippen molar-refractivity contribution >= 4 is 11.6 Å². The molecule has 0 aliphatic heterocycles. The van der Waals surface area contributed by atoms with Crippen molar-refractivity contribution in [1.29, 1.82) is 0 Å². The highest BCUT2D eigenvalue weighted by Crippen LogP contribution is 2.39. The van der Waals surface area contributed by atoms with Crippen molar-refractivity contribution in [3.8, 4) is 0 Å². The second-order valence-corrected chi connectivity index (χ2v) is 5.56. The zero-order chi connectivity index (χ0) is 14.9.